The van der Waals surface area contributed by atoms with E-state index in [1.807, 2.05) is 66.7 Å². The smallest absolute Gasteiger partial charge is 0.325 e. The van der Waals surface area contributed by atoms with Crippen LogP contribution in [0.25, 0.3) is 12.2 Å². The molecule has 0 bridgehead atoms. The molecule has 2 amide bonds. The molecule has 3 aromatic carbocycles. The van der Waals surface area contributed by atoms with Crippen molar-refractivity contribution in [2.75, 3.05) is 13.2 Å². The molecular formula is C32H31N3O7. The number of nitro benzene ring substituents is 1. The Kier molecular flexibility index (Phi) is 8.28. The summed E-state index contributed by atoms with van der Waals surface area (Å²) in [4.78, 5) is 52.2. The summed E-state index contributed by atoms with van der Waals surface area (Å²) in [6.45, 7) is 0.00588. The fourth-order valence-corrected chi connectivity index (χ4v) is 6.01. The Morgan fingerprint density at radius 1 is 0.929 bits per heavy atom. The number of carboxylic acids is 1. The van der Waals surface area contributed by atoms with Gasteiger partial charge < -0.3 is 10.2 Å². The average molecular weight is 570 g/mol. The molecule has 10 heteroatoms. The van der Waals surface area contributed by atoms with Gasteiger partial charge in [-0.2, -0.15) is 0 Å². The number of fused-ring (bicyclic) bond motifs is 1. The van der Waals surface area contributed by atoms with Gasteiger partial charge in [-0.05, 0) is 35.1 Å². The van der Waals surface area contributed by atoms with Crippen molar-refractivity contribution in [3.63, 3.8) is 0 Å². The van der Waals surface area contributed by atoms with Crippen molar-refractivity contribution >= 4 is 35.6 Å². The first-order chi connectivity index (χ1) is 20.2. The maximum atomic E-state index is 13.7. The molecule has 2 aliphatic heterocycles. The number of carboxylic acid groups (broad SMARTS) is 1. The normalized spacial score (nSPS) is 23.5. The molecule has 216 valence electrons. The summed E-state index contributed by atoms with van der Waals surface area (Å²) in [6.07, 6.45) is 4.57. The van der Waals surface area contributed by atoms with Crippen LogP contribution in [0, 0.1) is 22.0 Å². The van der Waals surface area contributed by atoms with E-state index in [1.54, 1.807) is 0 Å². The first kappa shape index (κ1) is 28.8. The Balaban J connectivity index is 1.50. The molecule has 0 spiro atoms. The van der Waals surface area contributed by atoms with E-state index in [9.17, 15) is 34.7 Å². The number of carbonyl (C=O) groups excluding carboxylic acids is 2. The average Bonchev–Trinajstić information content (AvgIpc) is 3.47. The predicted molar refractivity (Wildman–Crippen MR) is 155 cm³/mol. The number of nitrogens with zero attached hydrogens (tertiary/aromatic N) is 2. The summed E-state index contributed by atoms with van der Waals surface area (Å²) in [7, 11) is 0. The van der Waals surface area contributed by atoms with Gasteiger partial charge in [0, 0.05) is 37.7 Å². The lowest BCUT2D eigenvalue weighted by atomic mass is 9.76. The van der Waals surface area contributed by atoms with Crippen molar-refractivity contribution in [3.05, 3.63) is 111 Å². The molecule has 0 radical (unpaired) electrons. The van der Waals surface area contributed by atoms with Crippen molar-refractivity contribution in [2.24, 2.45) is 11.8 Å². The second-order valence-electron chi connectivity index (χ2n) is 10.7. The molecule has 42 heavy (non-hydrogen) atoms. The van der Waals surface area contributed by atoms with Crippen molar-refractivity contribution in [3.8, 4) is 0 Å². The van der Waals surface area contributed by atoms with Crippen LogP contribution >= 0.6 is 0 Å². The summed E-state index contributed by atoms with van der Waals surface area (Å²) < 4.78 is 0. The summed E-state index contributed by atoms with van der Waals surface area (Å²) in [5, 5.41) is 34.1. The van der Waals surface area contributed by atoms with E-state index in [0.29, 0.717) is 24.0 Å². The van der Waals surface area contributed by atoms with Crippen LogP contribution in [0.5, 0.6) is 0 Å². The van der Waals surface area contributed by atoms with Gasteiger partial charge in [0.05, 0.1) is 16.8 Å². The molecule has 3 N–H and O–H groups in total. The zero-order chi connectivity index (χ0) is 29.9. The molecule has 4 atom stereocenters. The van der Waals surface area contributed by atoms with Gasteiger partial charge >= 0.3 is 5.97 Å². The summed E-state index contributed by atoms with van der Waals surface area (Å²) >= 11 is 0. The standard InChI is InChI=1S/C32H31N3O7/c36-19-5-4-18-34-29(37)26-27(30(34)38)32(31(39)40,20-23-12-16-25(17-13-23)35(41)42)33-28(26)24-14-10-22(11-15-24)9-8-21-6-2-1-3-7-21/h1-3,6-17,26-28,33,36H,4-5,18-20H2,(H,39,40). The Hall–Kier alpha value is -4.67. The predicted octanol–water partition coefficient (Wildman–Crippen LogP) is 3.85. The fraction of sp³-hybridized carbons (Fsp3) is 0.281. The van der Waals surface area contributed by atoms with Crippen molar-refractivity contribution in [1.82, 2.24) is 10.2 Å². The molecule has 10 nitrogen and oxygen atoms in total. The van der Waals surface area contributed by atoms with Crippen LogP contribution in [0.2, 0.25) is 0 Å². The first-order valence-electron chi connectivity index (χ1n) is 13.8. The second kappa shape index (κ2) is 12.1. The lowest BCUT2D eigenvalue weighted by Crippen LogP contribution is -2.57. The van der Waals surface area contributed by atoms with E-state index in [1.165, 1.54) is 24.3 Å². The minimum Gasteiger partial charge on any atom is -0.480 e. The van der Waals surface area contributed by atoms with Crippen molar-refractivity contribution < 1.29 is 29.5 Å². The lowest BCUT2D eigenvalue weighted by Gasteiger charge is -2.31. The molecule has 2 heterocycles. The molecular weight excluding hydrogens is 538 g/mol. The number of aliphatic hydroxyl groups excluding tert-OH is 1. The second-order valence-corrected chi connectivity index (χ2v) is 10.7. The minimum atomic E-state index is -1.82. The molecule has 0 saturated carbocycles. The van der Waals surface area contributed by atoms with E-state index in [2.05, 4.69) is 5.32 Å². The zero-order valence-electron chi connectivity index (χ0n) is 22.8. The quantitative estimate of drug-likeness (QED) is 0.104. The van der Waals surface area contributed by atoms with Gasteiger partial charge in [0.15, 0.2) is 0 Å². The Morgan fingerprint density at radius 2 is 1.57 bits per heavy atom. The van der Waals surface area contributed by atoms with Crippen LogP contribution in [0.15, 0.2) is 78.9 Å². The fourth-order valence-electron chi connectivity index (χ4n) is 6.01. The number of aliphatic carboxylic acids is 1. The van der Waals surface area contributed by atoms with Gasteiger partial charge in [-0.15, -0.1) is 0 Å². The van der Waals surface area contributed by atoms with Crippen molar-refractivity contribution in [2.45, 2.75) is 30.8 Å². The van der Waals surface area contributed by atoms with Gasteiger partial charge in [0.25, 0.3) is 5.69 Å². The van der Waals surface area contributed by atoms with Gasteiger partial charge in [0.1, 0.15) is 5.54 Å². The van der Waals surface area contributed by atoms with E-state index in [4.69, 9.17) is 0 Å². The summed E-state index contributed by atoms with van der Waals surface area (Å²) in [5.41, 5.74) is 1.14. The molecule has 0 aromatic heterocycles. The third kappa shape index (κ3) is 5.46. The monoisotopic (exact) mass is 569 g/mol. The maximum Gasteiger partial charge on any atom is 0.325 e. The van der Waals surface area contributed by atoms with Gasteiger partial charge in [-0.3, -0.25) is 34.7 Å². The summed E-state index contributed by atoms with van der Waals surface area (Å²) in [5.74, 6) is -4.43. The van der Waals surface area contributed by atoms with Crippen LogP contribution in [0.3, 0.4) is 0 Å². The van der Waals surface area contributed by atoms with E-state index < -0.39 is 46.1 Å². The van der Waals surface area contributed by atoms with E-state index in [-0.39, 0.29) is 25.3 Å². The van der Waals surface area contributed by atoms with Crippen LogP contribution < -0.4 is 5.32 Å². The summed E-state index contributed by atoms with van der Waals surface area (Å²) in [6, 6.07) is 22.0. The minimum absolute atomic E-state index is 0.0858. The number of benzene rings is 3. The number of non-ortho nitro benzene ring substituents is 1. The highest BCUT2D eigenvalue weighted by molar-refractivity contribution is 6.09. The molecule has 3 aromatic rings. The number of rotatable bonds is 11. The van der Waals surface area contributed by atoms with E-state index >= 15 is 0 Å². The zero-order valence-corrected chi connectivity index (χ0v) is 22.8. The first-order valence-corrected chi connectivity index (χ1v) is 13.8. The highest BCUT2D eigenvalue weighted by Crippen LogP contribution is 2.50. The van der Waals surface area contributed by atoms with Crippen LogP contribution in [0.4, 0.5) is 5.69 Å². The molecule has 2 saturated heterocycles. The number of hydrogen-bond acceptors (Lipinski definition) is 7. The number of unbranched alkanes of at least 4 members (excludes halogenated alkanes) is 1. The third-order valence-corrected chi connectivity index (χ3v) is 8.11. The number of nitrogens with one attached hydrogen (secondary N) is 1. The number of aliphatic hydroxyl groups is 1. The van der Waals surface area contributed by atoms with Crippen LogP contribution in [0.1, 0.15) is 41.1 Å². The van der Waals surface area contributed by atoms with Crippen molar-refractivity contribution in [1.29, 1.82) is 0 Å². The lowest BCUT2D eigenvalue weighted by molar-refractivity contribution is -0.384. The molecule has 0 aliphatic carbocycles. The van der Waals surface area contributed by atoms with Crippen LogP contribution in [-0.2, 0) is 20.8 Å². The van der Waals surface area contributed by atoms with Gasteiger partial charge in [-0.1, -0.05) is 78.9 Å². The number of likely N-dealkylation sites (tertiary alicyclic amines) is 1. The highest BCUT2D eigenvalue weighted by atomic mass is 16.6. The number of nitro groups is 1. The largest absolute Gasteiger partial charge is 0.480 e. The number of hydrogen-bond donors (Lipinski definition) is 3. The van der Waals surface area contributed by atoms with E-state index in [0.717, 1.165) is 16.0 Å². The SMILES string of the molecule is O=C1C2C(c3ccc(C=Cc4ccccc4)cc3)NC(Cc3ccc([N+](=O)[O-])cc3)(C(=O)O)C2C(=O)N1CCCCO. The number of carbonyl (C=O) groups is 3. The Labute approximate surface area is 242 Å². The van der Waals surface area contributed by atoms with Gasteiger partial charge in [-0.25, -0.2) is 0 Å². The molecule has 2 fully saturated rings. The Bertz CT molecular complexity index is 1510. The molecule has 5 rings (SSSR count). The molecule has 4 unspecified atom stereocenters. The topological polar surface area (TPSA) is 150 Å². The molecule has 2 aliphatic rings. The third-order valence-electron chi connectivity index (χ3n) is 8.11. The Morgan fingerprint density at radius 3 is 2.17 bits per heavy atom. The number of imide groups is 1. The van der Waals surface area contributed by atoms with Gasteiger partial charge in [0.2, 0.25) is 11.8 Å². The highest BCUT2D eigenvalue weighted by Gasteiger charge is 2.68. The van der Waals surface area contributed by atoms with Crippen LogP contribution in [-0.4, -0.2) is 56.5 Å². The number of amides is 2. The maximum absolute atomic E-state index is 13.7.